The topological polar surface area (TPSA) is 38.7 Å². The number of carbonyl (C=O) groups excluding carboxylic acids is 1. The average Bonchev–Trinajstić information content (AvgIpc) is 3.06. The quantitative estimate of drug-likeness (QED) is 0.620. The van der Waals surface area contributed by atoms with Gasteiger partial charge >= 0.3 is 5.97 Å². The Hall–Kier alpha value is -1.42. The Morgan fingerprint density at radius 1 is 1.41 bits per heavy atom. The summed E-state index contributed by atoms with van der Waals surface area (Å²) >= 11 is 3.39. The molecular formula is C13H10BrNO2. The number of nitrogens with zero attached hydrogens (tertiary/aromatic N) is 1. The molecule has 86 valence electrons. The highest BCUT2D eigenvalue weighted by molar-refractivity contribution is 9.10. The monoisotopic (exact) mass is 291 g/mol. The van der Waals surface area contributed by atoms with Crippen molar-refractivity contribution in [3.8, 4) is 0 Å². The van der Waals surface area contributed by atoms with Crippen molar-refractivity contribution >= 4 is 33.9 Å². The van der Waals surface area contributed by atoms with Crippen LogP contribution in [0.2, 0.25) is 0 Å². The van der Waals surface area contributed by atoms with E-state index in [9.17, 15) is 4.79 Å². The predicted octanol–water partition coefficient (Wildman–Crippen LogP) is 3.16. The number of carbonyl (C=O) groups is 1. The lowest BCUT2D eigenvalue weighted by molar-refractivity contribution is -0.130. The number of benzene rings is 1. The molecule has 3 rings (SSSR count). The van der Waals surface area contributed by atoms with Crippen molar-refractivity contribution < 1.29 is 9.53 Å². The number of ether oxygens (including phenoxy) is 1. The first-order chi connectivity index (χ1) is 8.22. The number of esters is 1. The van der Waals surface area contributed by atoms with Crippen LogP contribution in [0, 0.1) is 5.92 Å². The van der Waals surface area contributed by atoms with Gasteiger partial charge in [0.2, 0.25) is 5.90 Å². The number of aliphatic imine (C=N–C) groups is 1. The van der Waals surface area contributed by atoms with Gasteiger partial charge < -0.3 is 4.74 Å². The van der Waals surface area contributed by atoms with E-state index in [2.05, 4.69) is 20.9 Å². The van der Waals surface area contributed by atoms with Crippen LogP contribution < -0.4 is 0 Å². The minimum Gasteiger partial charge on any atom is -0.406 e. The number of hydrogen-bond donors (Lipinski definition) is 0. The molecule has 1 saturated carbocycles. The van der Waals surface area contributed by atoms with Crippen molar-refractivity contribution in [2.75, 3.05) is 0 Å². The second kappa shape index (κ2) is 4.11. The molecule has 1 fully saturated rings. The minimum absolute atomic E-state index is 0.341. The molecule has 0 aromatic heterocycles. The Morgan fingerprint density at radius 2 is 2.24 bits per heavy atom. The summed E-state index contributed by atoms with van der Waals surface area (Å²) in [5.41, 5.74) is 1.33. The first-order valence-electron chi connectivity index (χ1n) is 5.50. The summed E-state index contributed by atoms with van der Waals surface area (Å²) in [6.07, 6.45) is 3.91. The van der Waals surface area contributed by atoms with Crippen LogP contribution in [0.4, 0.5) is 0 Å². The molecule has 1 aliphatic carbocycles. The van der Waals surface area contributed by atoms with E-state index in [-0.39, 0.29) is 5.97 Å². The molecule has 3 nitrogen and oxygen atoms in total. The Balaban J connectivity index is 1.90. The molecule has 2 aliphatic rings. The molecule has 17 heavy (non-hydrogen) atoms. The van der Waals surface area contributed by atoms with Crippen LogP contribution in [0.5, 0.6) is 0 Å². The van der Waals surface area contributed by atoms with E-state index >= 15 is 0 Å². The fraction of sp³-hybridized carbons (Fsp3) is 0.231. The SMILES string of the molecule is O=C1OC(C2CC2)=N/C1=C/c1cccc(Br)c1. The Bertz CT molecular complexity index is 544. The zero-order valence-corrected chi connectivity index (χ0v) is 10.6. The van der Waals surface area contributed by atoms with Gasteiger partial charge in [-0.2, -0.15) is 0 Å². The van der Waals surface area contributed by atoms with Gasteiger partial charge in [-0.15, -0.1) is 0 Å². The number of halogens is 1. The predicted molar refractivity (Wildman–Crippen MR) is 68.4 cm³/mol. The lowest BCUT2D eigenvalue weighted by atomic mass is 10.2. The summed E-state index contributed by atoms with van der Waals surface area (Å²) in [5, 5.41) is 0. The highest BCUT2D eigenvalue weighted by atomic mass is 79.9. The van der Waals surface area contributed by atoms with E-state index in [0.29, 0.717) is 17.5 Å². The van der Waals surface area contributed by atoms with Gasteiger partial charge in [0.1, 0.15) is 0 Å². The van der Waals surface area contributed by atoms with Crippen LogP contribution in [0.3, 0.4) is 0 Å². The minimum atomic E-state index is -0.341. The molecule has 0 amide bonds. The Morgan fingerprint density at radius 3 is 2.94 bits per heavy atom. The molecule has 0 N–H and O–H groups in total. The van der Waals surface area contributed by atoms with E-state index in [1.807, 2.05) is 24.3 Å². The maximum Gasteiger partial charge on any atom is 0.363 e. The maximum atomic E-state index is 11.6. The van der Waals surface area contributed by atoms with Gasteiger partial charge in [-0.25, -0.2) is 9.79 Å². The number of rotatable bonds is 2. The van der Waals surface area contributed by atoms with E-state index in [0.717, 1.165) is 22.9 Å². The molecule has 0 radical (unpaired) electrons. The first-order valence-corrected chi connectivity index (χ1v) is 6.30. The van der Waals surface area contributed by atoms with Gasteiger partial charge in [0.15, 0.2) is 5.70 Å². The fourth-order valence-electron chi connectivity index (χ4n) is 1.68. The third-order valence-corrected chi connectivity index (χ3v) is 3.21. The molecular weight excluding hydrogens is 282 g/mol. The third kappa shape index (κ3) is 2.31. The molecule has 1 heterocycles. The Kier molecular flexibility index (Phi) is 2.59. The van der Waals surface area contributed by atoms with Gasteiger partial charge in [0, 0.05) is 10.4 Å². The number of hydrogen-bond acceptors (Lipinski definition) is 3. The van der Waals surface area contributed by atoms with Crippen LogP contribution in [-0.2, 0) is 9.53 Å². The number of cyclic esters (lactones) is 1. The maximum absolute atomic E-state index is 11.6. The van der Waals surface area contributed by atoms with Gasteiger partial charge in [-0.05, 0) is 36.6 Å². The van der Waals surface area contributed by atoms with E-state index < -0.39 is 0 Å². The molecule has 0 spiro atoms. The smallest absolute Gasteiger partial charge is 0.363 e. The lowest BCUT2D eigenvalue weighted by Gasteiger charge is -1.95. The summed E-state index contributed by atoms with van der Waals surface area (Å²) in [6.45, 7) is 0. The van der Waals surface area contributed by atoms with Gasteiger partial charge in [-0.1, -0.05) is 28.1 Å². The standard InChI is InChI=1S/C13H10BrNO2/c14-10-3-1-2-8(6-10)7-11-13(16)17-12(15-11)9-4-5-9/h1-3,6-7,9H,4-5H2/b11-7+. The van der Waals surface area contributed by atoms with Gasteiger partial charge in [-0.3, -0.25) is 0 Å². The van der Waals surface area contributed by atoms with Crippen molar-refractivity contribution in [2.45, 2.75) is 12.8 Å². The van der Waals surface area contributed by atoms with Crippen LogP contribution >= 0.6 is 15.9 Å². The molecule has 0 atom stereocenters. The van der Waals surface area contributed by atoms with Crippen molar-refractivity contribution in [3.63, 3.8) is 0 Å². The first kappa shape index (κ1) is 10.7. The van der Waals surface area contributed by atoms with Crippen molar-refractivity contribution in [2.24, 2.45) is 10.9 Å². The van der Waals surface area contributed by atoms with Crippen LogP contribution in [0.15, 0.2) is 39.4 Å². The van der Waals surface area contributed by atoms with E-state index in [1.165, 1.54) is 0 Å². The summed E-state index contributed by atoms with van der Waals surface area (Å²) < 4.78 is 6.11. The average molecular weight is 292 g/mol. The summed E-state index contributed by atoms with van der Waals surface area (Å²) in [6, 6.07) is 7.72. The van der Waals surface area contributed by atoms with Crippen LogP contribution in [0.1, 0.15) is 18.4 Å². The fourth-order valence-corrected chi connectivity index (χ4v) is 2.10. The van der Waals surface area contributed by atoms with Crippen LogP contribution in [0.25, 0.3) is 6.08 Å². The molecule has 0 bridgehead atoms. The molecule has 1 aromatic rings. The molecule has 0 unspecified atom stereocenters. The van der Waals surface area contributed by atoms with Crippen molar-refractivity contribution in [1.29, 1.82) is 0 Å². The molecule has 1 aliphatic heterocycles. The molecule has 4 heteroatoms. The second-order valence-corrected chi connectivity index (χ2v) is 5.11. The third-order valence-electron chi connectivity index (χ3n) is 2.72. The second-order valence-electron chi connectivity index (χ2n) is 4.20. The van der Waals surface area contributed by atoms with Crippen molar-refractivity contribution in [1.82, 2.24) is 0 Å². The van der Waals surface area contributed by atoms with E-state index in [4.69, 9.17) is 4.74 Å². The zero-order chi connectivity index (χ0) is 11.8. The van der Waals surface area contributed by atoms with E-state index in [1.54, 1.807) is 6.08 Å². The van der Waals surface area contributed by atoms with Gasteiger partial charge in [0.25, 0.3) is 0 Å². The van der Waals surface area contributed by atoms with Crippen molar-refractivity contribution in [3.05, 3.63) is 40.0 Å². The molecule has 1 aromatic carbocycles. The summed E-state index contributed by atoms with van der Waals surface area (Å²) in [5.74, 6) is 0.621. The lowest BCUT2D eigenvalue weighted by Crippen LogP contribution is -2.05. The largest absolute Gasteiger partial charge is 0.406 e. The Labute approximate surface area is 107 Å². The summed E-state index contributed by atoms with van der Waals surface area (Å²) in [4.78, 5) is 15.8. The summed E-state index contributed by atoms with van der Waals surface area (Å²) in [7, 11) is 0. The molecule has 0 saturated heterocycles. The highest BCUT2D eigenvalue weighted by Gasteiger charge is 2.35. The zero-order valence-electron chi connectivity index (χ0n) is 9.02. The normalized spacial score (nSPS) is 21.6. The van der Waals surface area contributed by atoms with Crippen LogP contribution in [-0.4, -0.2) is 11.9 Å². The van der Waals surface area contributed by atoms with Gasteiger partial charge in [0.05, 0.1) is 0 Å². The highest BCUT2D eigenvalue weighted by Crippen LogP contribution is 2.34.